The highest BCUT2D eigenvalue weighted by atomic mass is 79.9. The standard InChI is InChI=1S/C10H15BrN4/c1-8-6-15(4-3-14(8)2)10-9(11)5-12-7-13-10/h5,7-8H,3-4,6H2,1-2H3. The van der Waals surface area contributed by atoms with Gasteiger partial charge >= 0.3 is 0 Å². The van der Waals surface area contributed by atoms with Crippen molar-refractivity contribution in [3.05, 3.63) is 17.0 Å². The van der Waals surface area contributed by atoms with Gasteiger partial charge in [0.2, 0.25) is 0 Å². The van der Waals surface area contributed by atoms with Gasteiger partial charge in [0.15, 0.2) is 0 Å². The van der Waals surface area contributed by atoms with E-state index in [1.165, 1.54) is 0 Å². The van der Waals surface area contributed by atoms with E-state index >= 15 is 0 Å². The van der Waals surface area contributed by atoms with Crippen molar-refractivity contribution < 1.29 is 0 Å². The predicted octanol–water partition coefficient (Wildman–Crippen LogP) is 1.38. The van der Waals surface area contributed by atoms with Crippen LogP contribution in [-0.2, 0) is 0 Å². The van der Waals surface area contributed by atoms with Gasteiger partial charge in [0.25, 0.3) is 0 Å². The van der Waals surface area contributed by atoms with E-state index in [4.69, 9.17) is 0 Å². The molecule has 0 N–H and O–H groups in total. The molecule has 0 aromatic carbocycles. The molecule has 2 heterocycles. The second-order valence-electron chi connectivity index (χ2n) is 3.97. The SMILES string of the molecule is CC1CN(c2ncncc2Br)CCN1C. The molecule has 4 nitrogen and oxygen atoms in total. The van der Waals surface area contributed by atoms with Gasteiger partial charge in [-0.1, -0.05) is 0 Å². The van der Waals surface area contributed by atoms with Gasteiger partial charge < -0.3 is 9.80 Å². The van der Waals surface area contributed by atoms with Crippen LogP contribution in [0.15, 0.2) is 17.0 Å². The maximum Gasteiger partial charge on any atom is 0.146 e. The third kappa shape index (κ3) is 2.29. The van der Waals surface area contributed by atoms with E-state index in [0.717, 1.165) is 29.9 Å². The Morgan fingerprint density at radius 2 is 2.27 bits per heavy atom. The number of piperazine rings is 1. The molecule has 0 aliphatic carbocycles. The summed E-state index contributed by atoms with van der Waals surface area (Å²) < 4.78 is 0.974. The zero-order chi connectivity index (χ0) is 10.8. The summed E-state index contributed by atoms with van der Waals surface area (Å²) in [6.07, 6.45) is 3.40. The highest BCUT2D eigenvalue weighted by molar-refractivity contribution is 9.10. The molecule has 82 valence electrons. The summed E-state index contributed by atoms with van der Waals surface area (Å²) >= 11 is 3.49. The monoisotopic (exact) mass is 270 g/mol. The molecule has 1 aliphatic rings. The summed E-state index contributed by atoms with van der Waals surface area (Å²) in [5, 5.41) is 0. The Hall–Kier alpha value is -0.680. The predicted molar refractivity (Wildman–Crippen MR) is 64.0 cm³/mol. The van der Waals surface area contributed by atoms with E-state index in [1.807, 2.05) is 0 Å². The van der Waals surface area contributed by atoms with Crippen molar-refractivity contribution in [1.29, 1.82) is 0 Å². The van der Waals surface area contributed by atoms with Crippen molar-refractivity contribution in [2.24, 2.45) is 0 Å². The summed E-state index contributed by atoms with van der Waals surface area (Å²) in [4.78, 5) is 13.0. The van der Waals surface area contributed by atoms with E-state index in [0.29, 0.717) is 6.04 Å². The lowest BCUT2D eigenvalue weighted by atomic mass is 10.2. The number of anilines is 1. The number of hydrogen-bond donors (Lipinski definition) is 0. The molecular formula is C10H15BrN4. The van der Waals surface area contributed by atoms with Gasteiger partial charge in [-0.3, -0.25) is 0 Å². The smallest absolute Gasteiger partial charge is 0.146 e. The molecule has 1 atom stereocenters. The average molecular weight is 271 g/mol. The van der Waals surface area contributed by atoms with E-state index < -0.39 is 0 Å². The molecule has 15 heavy (non-hydrogen) atoms. The Morgan fingerprint density at radius 1 is 1.47 bits per heavy atom. The minimum Gasteiger partial charge on any atom is -0.353 e. The molecule has 0 saturated carbocycles. The van der Waals surface area contributed by atoms with Gasteiger partial charge in [0, 0.05) is 31.9 Å². The lowest BCUT2D eigenvalue weighted by Crippen LogP contribution is -2.50. The lowest BCUT2D eigenvalue weighted by Gasteiger charge is -2.38. The number of nitrogens with zero attached hydrogens (tertiary/aromatic N) is 4. The Morgan fingerprint density at radius 3 is 2.93 bits per heavy atom. The van der Waals surface area contributed by atoms with Crippen LogP contribution in [0.1, 0.15) is 6.92 Å². The van der Waals surface area contributed by atoms with Crippen LogP contribution < -0.4 is 4.90 Å². The van der Waals surface area contributed by atoms with Crippen molar-refractivity contribution in [3.63, 3.8) is 0 Å². The van der Waals surface area contributed by atoms with Crippen molar-refractivity contribution in [1.82, 2.24) is 14.9 Å². The number of rotatable bonds is 1. The van der Waals surface area contributed by atoms with Gasteiger partial charge in [-0.2, -0.15) is 0 Å². The lowest BCUT2D eigenvalue weighted by molar-refractivity contribution is 0.233. The zero-order valence-corrected chi connectivity index (χ0v) is 10.6. The van der Waals surface area contributed by atoms with Crippen LogP contribution in [0.5, 0.6) is 0 Å². The fourth-order valence-corrected chi connectivity index (χ4v) is 2.25. The van der Waals surface area contributed by atoms with Crippen LogP contribution >= 0.6 is 15.9 Å². The number of halogens is 1. The maximum absolute atomic E-state index is 4.31. The Balaban J connectivity index is 2.15. The van der Waals surface area contributed by atoms with Gasteiger partial charge in [-0.05, 0) is 29.9 Å². The number of hydrogen-bond acceptors (Lipinski definition) is 4. The van der Waals surface area contributed by atoms with E-state index in [-0.39, 0.29) is 0 Å². The van der Waals surface area contributed by atoms with Gasteiger partial charge in [0.05, 0.1) is 4.47 Å². The topological polar surface area (TPSA) is 32.3 Å². The molecule has 2 rings (SSSR count). The van der Waals surface area contributed by atoms with E-state index in [1.54, 1.807) is 12.5 Å². The average Bonchev–Trinajstić information content (AvgIpc) is 2.23. The minimum absolute atomic E-state index is 0.570. The largest absolute Gasteiger partial charge is 0.353 e. The molecule has 1 aliphatic heterocycles. The van der Waals surface area contributed by atoms with Crippen LogP contribution in [0.3, 0.4) is 0 Å². The van der Waals surface area contributed by atoms with E-state index in [2.05, 4.69) is 49.7 Å². The summed E-state index contributed by atoms with van der Waals surface area (Å²) in [7, 11) is 2.16. The minimum atomic E-state index is 0.570. The molecule has 1 aromatic rings. The summed E-state index contributed by atoms with van der Waals surface area (Å²) in [6.45, 7) is 5.36. The number of aromatic nitrogens is 2. The van der Waals surface area contributed by atoms with Crippen molar-refractivity contribution in [3.8, 4) is 0 Å². The zero-order valence-electron chi connectivity index (χ0n) is 9.02. The highest BCUT2D eigenvalue weighted by Gasteiger charge is 2.22. The normalized spacial score (nSPS) is 23.1. The van der Waals surface area contributed by atoms with Gasteiger partial charge in [0.1, 0.15) is 12.1 Å². The first-order chi connectivity index (χ1) is 7.18. The van der Waals surface area contributed by atoms with Crippen LogP contribution in [0, 0.1) is 0 Å². The van der Waals surface area contributed by atoms with Crippen molar-refractivity contribution in [2.75, 3.05) is 31.6 Å². The molecule has 1 aromatic heterocycles. The first kappa shape index (κ1) is 10.8. The molecule has 1 unspecified atom stereocenters. The van der Waals surface area contributed by atoms with Crippen LogP contribution in [0.25, 0.3) is 0 Å². The number of likely N-dealkylation sites (N-methyl/N-ethyl adjacent to an activating group) is 1. The second-order valence-corrected chi connectivity index (χ2v) is 4.82. The van der Waals surface area contributed by atoms with Crippen molar-refractivity contribution >= 4 is 21.7 Å². The third-order valence-corrected chi connectivity index (χ3v) is 3.47. The Labute approximate surface area is 98.4 Å². The fraction of sp³-hybridized carbons (Fsp3) is 0.600. The van der Waals surface area contributed by atoms with Gasteiger partial charge in [-0.25, -0.2) is 9.97 Å². The van der Waals surface area contributed by atoms with Gasteiger partial charge in [-0.15, -0.1) is 0 Å². The highest BCUT2D eigenvalue weighted by Crippen LogP contribution is 2.23. The third-order valence-electron chi connectivity index (χ3n) is 2.91. The maximum atomic E-state index is 4.31. The molecule has 1 saturated heterocycles. The van der Waals surface area contributed by atoms with Crippen LogP contribution in [-0.4, -0.2) is 47.6 Å². The molecule has 0 amide bonds. The second kappa shape index (κ2) is 4.45. The van der Waals surface area contributed by atoms with E-state index in [9.17, 15) is 0 Å². The first-order valence-electron chi connectivity index (χ1n) is 5.09. The molecule has 0 bridgehead atoms. The van der Waals surface area contributed by atoms with Crippen molar-refractivity contribution in [2.45, 2.75) is 13.0 Å². The summed E-state index contributed by atoms with van der Waals surface area (Å²) in [5.41, 5.74) is 0. The molecular weight excluding hydrogens is 256 g/mol. The fourth-order valence-electron chi connectivity index (χ4n) is 1.78. The van der Waals surface area contributed by atoms with Crippen LogP contribution in [0.2, 0.25) is 0 Å². The molecule has 5 heteroatoms. The molecule has 1 fully saturated rings. The summed E-state index contributed by atoms with van der Waals surface area (Å²) in [6, 6.07) is 0.570. The quantitative estimate of drug-likeness (QED) is 0.772. The summed E-state index contributed by atoms with van der Waals surface area (Å²) in [5.74, 6) is 1.00. The Kier molecular flexibility index (Phi) is 3.21. The molecule has 0 radical (unpaired) electrons. The van der Waals surface area contributed by atoms with Crippen LogP contribution in [0.4, 0.5) is 5.82 Å². The first-order valence-corrected chi connectivity index (χ1v) is 5.88. The Bertz CT molecular complexity index is 344. The molecule has 0 spiro atoms.